The number of aliphatic carboxylic acids is 1. The van der Waals surface area contributed by atoms with Crippen molar-refractivity contribution < 1.29 is 24.2 Å². The molecule has 6 nitrogen and oxygen atoms in total. The second kappa shape index (κ2) is 5.60. The number of hydrogen-bond donors (Lipinski definition) is 2. The Morgan fingerprint density at radius 3 is 2.84 bits per heavy atom. The summed E-state index contributed by atoms with van der Waals surface area (Å²) in [7, 11) is 0. The standard InChI is InChI=1S/C13H15NO5/c1-8(13(16)17)4-12(15)14-6-9-2-3-10-11(5-9)19-7-18-10/h2-3,5,8H,4,6-7H2,1H3,(H,14,15)(H,16,17). The van der Waals surface area contributed by atoms with Crippen molar-refractivity contribution in [3.63, 3.8) is 0 Å². The van der Waals surface area contributed by atoms with Gasteiger partial charge in [0.2, 0.25) is 12.7 Å². The van der Waals surface area contributed by atoms with Crippen LogP contribution in [-0.2, 0) is 16.1 Å². The molecule has 2 N–H and O–H groups in total. The van der Waals surface area contributed by atoms with Crippen LogP contribution < -0.4 is 14.8 Å². The first-order chi connectivity index (χ1) is 9.06. The molecule has 0 saturated heterocycles. The van der Waals surface area contributed by atoms with Crippen LogP contribution in [0.25, 0.3) is 0 Å². The first-order valence-electron chi connectivity index (χ1n) is 5.94. The average Bonchev–Trinajstić information content (AvgIpc) is 2.83. The highest BCUT2D eigenvalue weighted by Gasteiger charge is 2.16. The van der Waals surface area contributed by atoms with E-state index in [4.69, 9.17) is 14.6 Å². The zero-order valence-corrected chi connectivity index (χ0v) is 10.5. The maximum Gasteiger partial charge on any atom is 0.306 e. The highest BCUT2D eigenvalue weighted by molar-refractivity contribution is 5.81. The highest BCUT2D eigenvalue weighted by Crippen LogP contribution is 2.32. The van der Waals surface area contributed by atoms with Gasteiger partial charge in [-0.2, -0.15) is 0 Å². The molecule has 0 saturated carbocycles. The van der Waals surface area contributed by atoms with Crippen molar-refractivity contribution in [1.82, 2.24) is 5.32 Å². The van der Waals surface area contributed by atoms with Crippen LogP contribution >= 0.6 is 0 Å². The molecule has 1 amide bonds. The minimum absolute atomic E-state index is 0.0279. The Hall–Kier alpha value is -2.24. The fraction of sp³-hybridized carbons (Fsp3) is 0.385. The number of carbonyl (C=O) groups is 2. The third-order valence-electron chi connectivity index (χ3n) is 2.84. The predicted octanol–water partition coefficient (Wildman–Crippen LogP) is 1.14. The van der Waals surface area contributed by atoms with E-state index in [1.54, 1.807) is 12.1 Å². The number of fused-ring (bicyclic) bond motifs is 1. The molecule has 102 valence electrons. The van der Waals surface area contributed by atoms with Crippen molar-refractivity contribution in [3.05, 3.63) is 23.8 Å². The zero-order chi connectivity index (χ0) is 13.8. The van der Waals surface area contributed by atoms with Gasteiger partial charge in [0, 0.05) is 13.0 Å². The lowest BCUT2D eigenvalue weighted by molar-refractivity contribution is -0.143. The Kier molecular flexibility index (Phi) is 3.89. The van der Waals surface area contributed by atoms with Crippen LogP contribution in [0.5, 0.6) is 11.5 Å². The summed E-state index contributed by atoms with van der Waals surface area (Å²) in [5, 5.41) is 11.4. The van der Waals surface area contributed by atoms with Gasteiger partial charge < -0.3 is 19.9 Å². The molecular formula is C13H15NO5. The lowest BCUT2D eigenvalue weighted by Crippen LogP contribution is -2.26. The molecule has 1 unspecified atom stereocenters. The number of carboxylic acids is 1. The smallest absolute Gasteiger partial charge is 0.306 e. The van der Waals surface area contributed by atoms with E-state index < -0.39 is 11.9 Å². The Labute approximate surface area is 110 Å². The van der Waals surface area contributed by atoms with Gasteiger partial charge in [-0.1, -0.05) is 13.0 Å². The molecule has 2 rings (SSSR count). The molecule has 0 aromatic heterocycles. The van der Waals surface area contributed by atoms with Crippen LogP contribution in [0.15, 0.2) is 18.2 Å². The first kappa shape index (κ1) is 13.2. The summed E-state index contributed by atoms with van der Waals surface area (Å²) < 4.78 is 10.4. The maximum absolute atomic E-state index is 11.5. The van der Waals surface area contributed by atoms with Crippen molar-refractivity contribution in [1.29, 1.82) is 0 Å². The van der Waals surface area contributed by atoms with E-state index in [2.05, 4.69) is 5.32 Å². The van der Waals surface area contributed by atoms with Gasteiger partial charge in [-0.05, 0) is 17.7 Å². The van der Waals surface area contributed by atoms with Gasteiger partial charge in [-0.15, -0.1) is 0 Å². The average molecular weight is 265 g/mol. The second-order valence-electron chi connectivity index (χ2n) is 4.41. The summed E-state index contributed by atoms with van der Waals surface area (Å²) >= 11 is 0. The maximum atomic E-state index is 11.5. The van der Waals surface area contributed by atoms with Gasteiger partial charge in [0.15, 0.2) is 11.5 Å². The third kappa shape index (κ3) is 3.37. The molecule has 0 spiro atoms. The lowest BCUT2D eigenvalue weighted by atomic mass is 10.1. The van der Waals surface area contributed by atoms with Gasteiger partial charge in [0.05, 0.1) is 5.92 Å². The van der Waals surface area contributed by atoms with Crippen molar-refractivity contribution in [2.24, 2.45) is 5.92 Å². The minimum Gasteiger partial charge on any atom is -0.481 e. The minimum atomic E-state index is -0.974. The van der Waals surface area contributed by atoms with Crippen LogP contribution in [0.1, 0.15) is 18.9 Å². The molecule has 1 aromatic carbocycles. The number of ether oxygens (including phenoxy) is 2. The van der Waals surface area contributed by atoms with E-state index in [1.807, 2.05) is 6.07 Å². The van der Waals surface area contributed by atoms with Crippen LogP contribution in [0.2, 0.25) is 0 Å². The molecule has 0 fully saturated rings. The van der Waals surface area contributed by atoms with Gasteiger partial charge in [0.25, 0.3) is 0 Å². The molecule has 6 heteroatoms. The van der Waals surface area contributed by atoms with Crippen LogP contribution in [0.3, 0.4) is 0 Å². The molecule has 1 aromatic rings. The van der Waals surface area contributed by atoms with E-state index in [0.717, 1.165) is 5.56 Å². The summed E-state index contributed by atoms with van der Waals surface area (Å²) in [5.41, 5.74) is 0.876. The molecule has 1 aliphatic rings. The summed E-state index contributed by atoms with van der Waals surface area (Å²) in [6.45, 7) is 2.05. The van der Waals surface area contributed by atoms with Crippen molar-refractivity contribution in [3.8, 4) is 11.5 Å². The van der Waals surface area contributed by atoms with Gasteiger partial charge in [-0.25, -0.2) is 0 Å². The Morgan fingerprint density at radius 2 is 2.11 bits per heavy atom. The fourth-order valence-corrected chi connectivity index (χ4v) is 1.69. The number of nitrogens with one attached hydrogen (secondary N) is 1. The number of amides is 1. The summed E-state index contributed by atoms with van der Waals surface area (Å²) in [6, 6.07) is 5.40. The normalized spacial score (nSPS) is 13.9. The quantitative estimate of drug-likeness (QED) is 0.834. The number of rotatable bonds is 5. The van der Waals surface area contributed by atoms with Crippen molar-refractivity contribution in [2.75, 3.05) is 6.79 Å². The van der Waals surface area contributed by atoms with Crippen molar-refractivity contribution >= 4 is 11.9 Å². The molecular weight excluding hydrogens is 250 g/mol. The van der Waals surface area contributed by atoms with Crippen molar-refractivity contribution in [2.45, 2.75) is 19.9 Å². The van der Waals surface area contributed by atoms with Gasteiger partial charge >= 0.3 is 5.97 Å². The molecule has 0 bridgehead atoms. The largest absolute Gasteiger partial charge is 0.481 e. The monoisotopic (exact) mass is 265 g/mol. The van der Waals surface area contributed by atoms with E-state index in [-0.39, 0.29) is 19.1 Å². The molecule has 1 heterocycles. The predicted molar refractivity (Wildman–Crippen MR) is 65.8 cm³/mol. The number of carbonyl (C=O) groups excluding carboxylic acids is 1. The van der Waals surface area contributed by atoms with E-state index in [1.165, 1.54) is 6.92 Å². The molecule has 1 atom stereocenters. The molecule has 1 aliphatic heterocycles. The summed E-state index contributed by atoms with van der Waals surface area (Å²) in [6.07, 6.45) is -0.0279. The Bertz CT molecular complexity index is 500. The van der Waals surface area contributed by atoms with Crippen LogP contribution in [0, 0.1) is 5.92 Å². The van der Waals surface area contributed by atoms with Crippen LogP contribution in [-0.4, -0.2) is 23.8 Å². The zero-order valence-electron chi connectivity index (χ0n) is 10.5. The highest BCUT2D eigenvalue weighted by atomic mass is 16.7. The van der Waals surface area contributed by atoms with E-state index in [9.17, 15) is 9.59 Å². The van der Waals surface area contributed by atoms with E-state index >= 15 is 0 Å². The molecule has 0 radical (unpaired) electrons. The second-order valence-corrected chi connectivity index (χ2v) is 4.41. The Morgan fingerprint density at radius 1 is 1.37 bits per heavy atom. The number of carboxylic acid groups (broad SMARTS) is 1. The van der Waals surface area contributed by atoms with Gasteiger partial charge in [0.1, 0.15) is 0 Å². The molecule has 0 aliphatic carbocycles. The summed E-state index contributed by atoms with van der Waals surface area (Å²) in [5.74, 6) is -0.595. The van der Waals surface area contributed by atoms with Crippen LogP contribution in [0.4, 0.5) is 0 Å². The lowest BCUT2D eigenvalue weighted by Gasteiger charge is -2.08. The fourth-order valence-electron chi connectivity index (χ4n) is 1.69. The van der Waals surface area contributed by atoms with Gasteiger partial charge in [-0.3, -0.25) is 9.59 Å². The SMILES string of the molecule is CC(CC(=O)NCc1ccc2c(c1)OCO2)C(=O)O. The molecule has 19 heavy (non-hydrogen) atoms. The number of hydrogen-bond acceptors (Lipinski definition) is 4. The topological polar surface area (TPSA) is 84.9 Å². The third-order valence-corrected chi connectivity index (χ3v) is 2.84. The number of benzene rings is 1. The van der Waals surface area contributed by atoms with E-state index in [0.29, 0.717) is 18.0 Å². The first-order valence-corrected chi connectivity index (χ1v) is 5.94. The summed E-state index contributed by atoms with van der Waals surface area (Å²) in [4.78, 5) is 22.2. The Balaban J connectivity index is 1.85.